The van der Waals surface area contributed by atoms with E-state index in [0.717, 1.165) is 11.3 Å². The second-order valence-electron chi connectivity index (χ2n) is 3.38. The number of aliphatic hydroxyl groups excluding tert-OH is 1. The highest BCUT2D eigenvalue weighted by molar-refractivity contribution is 5.38. The van der Waals surface area contributed by atoms with Gasteiger partial charge in [0, 0.05) is 5.56 Å². The maximum Gasteiger partial charge on any atom is 0.125 e. The number of fused-ring (bicyclic) bond motifs is 1. The van der Waals surface area contributed by atoms with E-state index >= 15 is 0 Å². The van der Waals surface area contributed by atoms with Crippen LogP contribution in [0, 0.1) is 0 Å². The van der Waals surface area contributed by atoms with E-state index in [2.05, 4.69) is 0 Å². The van der Waals surface area contributed by atoms with Gasteiger partial charge in [0.05, 0.1) is 6.04 Å². The van der Waals surface area contributed by atoms with Crippen molar-refractivity contribution in [3.05, 3.63) is 29.8 Å². The molecule has 1 aliphatic rings. The summed E-state index contributed by atoms with van der Waals surface area (Å²) >= 11 is 0. The van der Waals surface area contributed by atoms with Crippen LogP contribution < -0.4 is 10.5 Å². The van der Waals surface area contributed by atoms with Crippen molar-refractivity contribution >= 4 is 0 Å². The lowest BCUT2D eigenvalue weighted by Crippen LogP contribution is -2.44. The van der Waals surface area contributed by atoms with Gasteiger partial charge in [-0.1, -0.05) is 18.2 Å². The van der Waals surface area contributed by atoms with Gasteiger partial charge < -0.3 is 15.6 Å². The lowest BCUT2D eigenvalue weighted by molar-refractivity contribution is 0.0505. The molecule has 0 fully saturated rings. The van der Waals surface area contributed by atoms with Crippen molar-refractivity contribution in [1.29, 1.82) is 0 Å². The first kappa shape index (κ1) is 8.53. The van der Waals surface area contributed by atoms with Crippen LogP contribution in [0.2, 0.25) is 0 Å². The molecule has 0 bridgehead atoms. The Morgan fingerprint density at radius 1 is 1.38 bits per heavy atom. The van der Waals surface area contributed by atoms with E-state index in [1.54, 1.807) is 0 Å². The average molecular weight is 179 g/mol. The normalized spacial score (nSPS) is 32.1. The predicted octanol–water partition coefficient (Wildman–Crippen LogP) is 0.828. The summed E-state index contributed by atoms with van der Waals surface area (Å²) in [4.78, 5) is 0. The lowest BCUT2D eigenvalue weighted by atomic mass is 9.95. The van der Waals surface area contributed by atoms with E-state index in [1.807, 2.05) is 31.2 Å². The number of benzene rings is 1. The first-order valence-corrected chi connectivity index (χ1v) is 4.39. The topological polar surface area (TPSA) is 55.5 Å². The van der Waals surface area contributed by atoms with E-state index in [9.17, 15) is 5.11 Å². The molecule has 0 saturated carbocycles. The highest BCUT2D eigenvalue weighted by Crippen LogP contribution is 2.33. The maximum absolute atomic E-state index is 9.80. The molecule has 3 nitrogen and oxygen atoms in total. The molecule has 3 N–H and O–H groups in total. The zero-order valence-corrected chi connectivity index (χ0v) is 7.47. The SMILES string of the molecule is CC1Oc2ccccc2[C@@H](O)[C@H]1N. The minimum absolute atomic E-state index is 0.134. The van der Waals surface area contributed by atoms with Gasteiger partial charge in [-0.3, -0.25) is 0 Å². The third-order valence-corrected chi connectivity index (χ3v) is 2.46. The number of nitrogens with two attached hydrogens (primary N) is 1. The van der Waals surface area contributed by atoms with Crippen molar-refractivity contribution in [2.24, 2.45) is 5.73 Å². The first-order valence-electron chi connectivity index (χ1n) is 4.39. The van der Waals surface area contributed by atoms with Crippen LogP contribution in [0.15, 0.2) is 24.3 Å². The van der Waals surface area contributed by atoms with Gasteiger partial charge in [-0.25, -0.2) is 0 Å². The van der Waals surface area contributed by atoms with Gasteiger partial charge in [0.2, 0.25) is 0 Å². The van der Waals surface area contributed by atoms with E-state index in [0.29, 0.717) is 0 Å². The van der Waals surface area contributed by atoms with Gasteiger partial charge in [-0.15, -0.1) is 0 Å². The van der Waals surface area contributed by atoms with Gasteiger partial charge in [-0.05, 0) is 13.0 Å². The standard InChI is InChI=1S/C10H13NO2/c1-6-9(11)10(12)7-4-2-3-5-8(7)13-6/h2-6,9-10,12H,11H2,1H3/t6?,9-,10+/m0/s1. The summed E-state index contributed by atoms with van der Waals surface area (Å²) in [5.41, 5.74) is 6.55. The van der Waals surface area contributed by atoms with Crippen molar-refractivity contribution in [3.63, 3.8) is 0 Å². The molecular formula is C10H13NO2. The fraction of sp³-hybridized carbons (Fsp3) is 0.400. The van der Waals surface area contributed by atoms with E-state index < -0.39 is 6.10 Å². The Hall–Kier alpha value is -1.06. The quantitative estimate of drug-likeness (QED) is 0.620. The summed E-state index contributed by atoms with van der Waals surface area (Å²) < 4.78 is 5.53. The van der Waals surface area contributed by atoms with Crippen LogP contribution in [0.4, 0.5) is 0 Å². The van der Waals surface area contributed by atoms with Crippen LogP contribution >= 0.6 is 0 Å². The molecule has 0 aromatic heterocycles. The minimum Gasteiger partial charge on any atom is -0.489 e. The summed E-state index contributed by atoms with van der Waals surface area (Å²) in [5, 5.41) is 9.80. The second-order valence-corrected chi connectivity index (χ2v) is 3.38. The fourth-order valence-electron chi connectivity index (χ4n) is 1.58. The Labute approximate surface area is 77.1 Å². The van der Waals surface area contributed by atoms with Crippen LogP contribution in [-0.2, 0) is 0 Å². The number of ether oxygens (including phenoxy) is 1. The monoisotopic (exact) mass is 179 g/mol. The Morgan fingerprint density at radius 3 is 2.85 bits per heavy atom. The van der Waals surface area contributed by atoms with Gasteiger partial charge in [-0.2, -0.15) is 0 Å². The molecule has 0 spiro atoms. The van der Waals surface area contributed by atoms with Crippen LogP contribution in [0.3, 0.4) is 0 Å². The van der Waals surface area contributed by atoms with E-state index in [1.165, 1.54) is 0 Å². The summed E-state index contributed by atoms with van der Waals surface area (Å²) in [5.74, 6) is 0.740. The van der Waals surface area contributed by atoms with Crippen LogP contribution in [0.5, 0.6) is 5.75 Å². The number of rotatable bonds is 0. The molecule has 2 rings (SSSR count). The molecule has 0 radical (unpaired) electrons. The molecule has 1 heterocycles. The summed E-state index contributed by atoms with van der Waals surface area (Å²) in [6.07, 6.45) is -0.746. The minimum atomic E-state index is -0.611. The van der Waals surface area contributed by atoms with Crippen molar-refractivity contribution < 1.29 is 9.84 Å². The van der Waals surface area contributed by atoms with Crippen molar-refractivity contribution in [1.82, 2.24) is 0 Å². The van der Waals surface area contributed by atoms with Crippen LogP contribution in [0.1, 0.15) is 18.6 Å². The molecule has 3 heteroatoms. The number of para-hydroxylation sites is 1. The maximum atomic E-state index is 9.80. The third-order valence-electron chi connectivity index (χ3n) is 2.46. The molecule has 0 saturated heterocycles. The van der Waals surface area contributed by atoms with E-state index in [-0.39, 0.29) is 12.1 Å². The third kappa shape index (κ3) is 1.30. The van der Waals surface area contributed by atoms with Crippen molar-refractivity contribution in [2.75, 3.05) is 0 Å². The summed E-state index contributed by atoms with van der Waals surface area (Å²) in [6.45, 7) is 1.86. The number of hydrogen-bond donors (Lipinski definition) is 2. The van der Waals surface area contributed by atoms with Gasteiger partial charge >= 0.3 is 0 Å². The molecule has 13 heavy (non-hydrogen) atoms. The number of aliphatic hydroxyl groups is 1. The molecule has 1 unspecified atom stereocenters. The van der Waals surface area contributed by atoms with Crippen molar-refractivity contribution in [2.45, 2.75) is 25.2 Å². The Balaban J connectivity index is 2.43. The lowest BCUT2D eigenvalue weighted by Gasteiger charge is -2.32. The molecule has 1 aromatic rings. The van der Waals surface area contributed by atoms with Gasteiger partial charge in [0.15, 0.2) is 0 Å². The second kappa shape index (κ2) is 3.01. The molecule has 1 aliphatic heterocycles. The highest BCUT2D eigenvalue weighted by atomic mass is 16.5. The first-order chi connectivity index (χ1) is 6.20. The fourth-order valence-corrected chi connectivity index (χ4v) is 1.58. The number of hydrogen-bond acceptors (Lipinski definition) is 3. The molecule has 70 valence electrons. The van der Waals surface area contributed by atoms with Crippen molar-refractivity contribution in [3.8, 4) is 5.75 Å². The predicted molar refractivity (Wildman–Crippen MR) is 49.5 cm³/mol. The molecule has 1 aromatic carbocycles. The Morgan fingerprint density at radius 2 is 2.08 bits per heavy atom. The molecule has 0 amide bonds. The smallest absolute Gasteiger partial charge is 0.125 e. The molecule has 3 atom stereocenters. The summed E-state index contributed by atoms with van der Waals surface area (Å²) in [7, 11) is 0. The van der Waals surface area contributed by atoms with Gasteiger partial charge in [0.25, 0.3) is 0 Å². The molecular weight excluding hydrogens is 166 g/mol. The van der Waals surface area contributed by atoms with Crippen LogP contribution in [-0.4, -0.2) is 17.3 Å². The zero-order chi connectivity index (χ0) is 9.42. The Kier molecular flexibility index (Phi) is 1.98. The zero-order valence-electron chi connectivity index (χ0n) is 7.47. The molecule has 0 aliphatic carbocycles. The van der Waals surface area contributed by atoms with Crippen LogP contribution in [0.25, 0.3) is 0 Å². The average Bonchev–Trinajstić information content (AvgIpc) is 2.15. The van der Waals surface area contributed by atoms with Gasteiger partial charge in [0.1, 0.15) is 18.0 Å². The van der Waals surface area contributed by atoms with E-state index in [4.69, 9.17) is 10.5 Å². The largest absolute Gasteiger partial charge is 0.489 e. The summed E-state index contributed by atoms with van der Waals surface area (Å²) in [6, 6.07) is 7.10. The Bertz CT molecular complexity index is 314. The highest BCUT2D eigenvalue weighted by Gasteiger charge is 2.31.